The number of H-pyrrole nitrogens is 1. The lowest BCUT2D eigenvalue weighted by Crippen LogP contribution is -1.94. The number of para-hydroxylation sites is 1. The highest BCUT2D eigenvalue weighted by Crippen LogP contribution is 2.23. The summed E-state index contributed by atoms with van der Waals surface area (Å²) >= 11 is 5.37. The highest BCUT2D eigenvalue weighted by Gasteiger charge is 2.10. The van der Waals surface area contributed by atoms with E-state index in [1.165, 1.54) is 0 Å². The van der Waals surface area contributed by atoms with Crippen molar-refractivity contribution >= 4 is 28.8 Å². The number of hydrogen-bond donors (Lipinski definition) is 1. The Hall–Kier alpha value is -2.73. The monoisotopic (exact) mass is 308 g/mol. The molecule has 22 heavy (non-hydrogen) atoms. The summed E-state index contributed by atoms with van der Waals surface area (Å²) in [6, 6.07) is 15.6. The van der Waals surface area contributed by atoms with Crippen molar-refractivity contribution in [3.05, 3.63) is 53.3 Å². The lowest BCUT2D eigenvalue weighted by atomic mass is 10.2. The molecule has 0 saturated heterocycles. The van der Waals surface area contributed by atoms with Crippen LogP contribution in [0.1, 0.15) is 0 Å². The Labute approximate surface area is 131 Å². The summed E-state index contributed by atoms with van der Waals surface area (Å²) in [7, 11) is 1.64. The lowest BCUT2D eigenvalue weighted by molar-refractivity contribution is 0.415. The first-order valence-electron chi connectivity index (χ1n) is 6.78. The largest absolute Gasteiger partial charge is 0.497 e. The van der Waals surface area contributed by atoms with E-state index in [4.69, 9.17) is 17.0 Å². The molecule has 0 radical (unpaired) electrons. The van der Waals surface area contributed by atoms with Crippen LogP contribution in [-0.2, 0) is 0 Å². The minimum Gasteiger partial charge on any atom is -0.497 e. The number of fused-ring (bicyclic) bond motifs is 3. The van der Waals surface area contributed by atoms with Crippen LogP contribution in [0.15, 0.2) is 48.5 Å². The molecule has 6 heteroatoms. The average molecular weight is 308 g/mol. The van der Waals surface area contributed by atoms with Crippen molar-refractivity contribution in [2.24, 2.45) is 0 Å². The van der Waals surface area contributed by atoms with Gasteiger partial charge in [-0.05, 0) is 48.6 Å². The number of hydrogen-bond acceptors (Lipinski definition) is 4. The van der Waals surface area contributed by atoms with Gasteiger partial charge >= 0.3 is 0 Å². The number of rotatable bonds is 2. The molecule has 0 amide bonds. The summed E-state index contributed by atoms with van der Waals surface area (Å²) in [5.41, 5.74) is 2.63. The van der Waals surface area contributed by atoms with Gasteiger partial charge in [-0.2, -0.15) is 4.52 Å². The van der Waals surface area contributed by atoms with E-state index in [9.17, 15) is 0 Å². The molecule has 0 aliphatic rings. The van der Waals surface area contributed by atoms with Crippen molar-refractivity contribution < 1.29 is 4.74 Å². The van der Waals surface area contributed by atoms with Gasteiger partial charge in [-0.1, -0.05) is 12.1 Å². The fraction of sp³-hybridized carbons (Fsp3) is 0.0625. The third-order valence-electron chi connectivity index (χ3n) is 3.56. The average Bonchev–Trinajstić information content (AvgIpc) is 3.01. The molecule has 4 rings (SSSR count). The molecule has 0 spiro atoms. The fourth-order valence-electron chi connectivity index (χ4n) is 2.45. The molecule has 108 valence electrons. The van der Waals surface area contributed by atoms with E-state index in [0.29, 0.717) is 10.6 Å². The summed E-state index contributed by atoms with van der Waals surface area (Å²) in [4.78, 5) is 7.82. The van der Waals surface area contributed by atoms with Gasteiger partial charge in [0, 0.05) is 10.9 Å². The SMILES string of the molecule is COc1ccc(-c2nc3c4ccccc4[nH]c(=S)n3n2)cc1. The highest BCUT2D eigenvalue weighted by molar-refractivity contribution is 7.71. The Bertz CT molecular complexity index is 1030. The topological polar surface area (TPSA) is 55.2 Å². The Morgan fingerprint density at radius 2 is 1.86 bits per heavy atom. The van der Waals surface area contributed by atoms with E-state index in [-0.39, 0.29) is 0 Å². The highest BCUT2D eigenvalue weighted by atomic mass is 32.1. The smallest absolute Gasteiger partial charge is 0.200 e. The van der Waals surface area contributed by atoms with Gasteiger partial charge in [0.05, 0.1) is 12.6 Å². The molecule has 0 saturated carbocycles. The maximum absolute atomic E-state index is 5.37. The molecular formula is C16H12N4OS. The maximum Gasteiger partial charge on any atom is 0.200 e. The second kappa shape index (κ2) is 4.92. The minimum atomic E-state index is 0.529. The predicted molar refractivity (Wildman–Crippen MR) is 87.7 cm³/mol. The number of aromatic amines is 1. The van der Waals surface area contributed by atoms with Crippen LogP contribution >= 0.6 is 12.2 Å². The fourth-order valence-corrected chi connectivity index (χ4v) is 2.68. The van der Waals surface area contributed by atoms with E-state index in [1.54, 1.807) is 11.6 Å². The van der Waals surface area contributed by atoms with Crippen molar-refractivity contribution in [2.75, 3.05) is 7.11 Å². The van der Waals surface area contributed by atoms with Crippen molar-refractivity contribution in [3.63, 3.8) is 0 Å². The van der Waals surface area contributed by atoms with E-state index in [1.807, 2.05) is 48.5 Å². The molecule has 2 aromatic heterocycles. The Morgan fingerprint density at radius 1 is 1.09 bits per heavy atom. The minimum absolute atomic E-state index is 0.529. The Morgan fingerprint density at radius 3 is 2.64 bits per heavy atom. The van der Waals surface area contributed by atoms with Crippen LogP contribution in [0, 0.1) is 4.77 Å². The lowest BCUT2D eigenvalue weighted by Gasteiger charge is -1.99. The van der Waals surface area contributed by atoms with Crippen LogP contribution in [0.2, 0.25) is 0 Å². The molecule has 0 unspecified atom stereocenters. The van der Waals surface area contributed by atoms with Crippen molar-refractivity contribution in [3.8, 4) is 17.1 Å². The number of benzene rings is 2. The molecular weight excluding hydrogens is 296 g/mol. The van der Waals surface area contributed by atoms with Gasteiger partial charge < -0.3 is 9.72 Å². The van der Waals surface area contributed by atoms with Gasteiger partial charge in [-0.3, -0.25) is 0 Å². The second-order valence-electron chi connectivity index (χ2n) is 4.88. The number of ether oxygens (including phenoxy) is 1. The van der Waals surface area contributed by atoms with Crippen molar-refractivity contribution in [1.82, 2.24) is 19.6 Å². The van der Waals surface area contributed by atoms with Gasteiger partial charge in [-0.15, -0.1) is 5.10 Å². The molecule has 0 aliphatic carbocycles. The normalized spacial score (nSPS) is 11.1. The van der Waals surface area contributed by atoms with E-state index in [2.05, 4.69) is 15.1 Å². The van der Waals surface area contributed by atoms with Crippen LogP contribution in [0.4, 0.5) is 0 Å². The molecule has 4 aromatic rings. The van der Waals surface area contributed by atoms with Gasteiger partial charge in [0.25, 0.3) is 0 Å². The van der Waals surface area contributed by atoms with Crippen LogP contribution in [0.5, 0.6) is 5.75 Å². The van der Waals surface area contributed by atoms with E-state index >= 15 is 0 Å². The zero-order chi connectivity index (χ0) is 15.1. The van der Waals surface area contributed by atoms with Gasteiger partial charge in [0.2, 0.25) is 4.77 Å². The first-order chi connectivity index (χ1) is 10.8. The quantitative estimate of drug-likeness (QED) is 0.575. The van der Waals surface area contributed by atoms with Crippen molar-refractivity contribution in [1.29, 1.82) is 0 Å². The van der Waals surface area contributed by atoms with Gasteiger partial charge in [0.15, 0.2) is 11.5 Å². The molecule has 0 fully saturated rings. The molecule has 2 heterocycles. The van der Waals surface area contributed by atoms with Gasteiger partial charge in [0.1, 0.15) is 5.75 Å². The summed E-state index contributed by atoms with van der Waals surface area (Å²) in [5.74, 6) is 1.44. The van der Waals surface area contributed by atoms with Crippen LogP contribution < -0.4 is 4.74 Å². The van der Waals surface area contributed by atoms with E-state index < -0.39 is 0 Å². The summed E-state index contributed by atoms with van der Waals surface area (Å²) in [5, 5.41) is 5.51. The summed E-state index contributed by atoms with van der Waals surface area (Å²) in [6.07, 6.45) is 0. The molecule has 0 aliphatic heterocycles. The second-order valence-corrected chi connectivity index (χ2v) is 5.26. The first kappa shape index (κ1) is 13.0. The zero-order valence-corrected chi connectivity index (χ0v) is 12.6. The Balaban J connectivity index is 1.98. The first-order valence-corrected chi connectivity index (χ1v) is 7.19. The van der Waals surface area contributed by atoms with E-state index in [0.717, 1.165) is 27.9 Å². The molecule has 0 bridgehead atoms. The molecule has 2 aromatic carbocycles. The summed E-state index contributed by atoms with van der Waals surface area (Å²) < 4.78 is 7.37. The van der Waals surface area contributed by atoms with Gasteiger partial charge in [-0.25, -0.2) is 4.98 Å². The van der Waals surface area contributed by atoms with Crippen LogP contribution in [0.25, 0.3) is 27.9 Å². The van der Waals surface area contributed by atoms with Crippen molar-refractivity contribution in [2.45, 2.75) is 0 Å². The third-order valence-corrected chi connectivity index (χ3v) is 3.83. The maximum atomic E-state index is 5.37. The Kier molecular flexibility index (Phi) is 2.90. The molecule has 1 N–H and O–H groups in total. The predicted octanol–water partition coefficient (Wildman–Crippen LogP) is 3.62. The molecule has 5 nitrogen and oxygen atoms in total. The number of nitrogens with one attached hydrogen (secondary N) is 1. The summed E-state index contributed by atoms with van der Waals surface area (Å²) in [6.45, 7) is 0. The van der Waals surface area contributed by atoms with Crippen LogP contribution in [-0.4, -0.2) is 26.7 Å². The standard InChI is InChI=1S/C16H12N4OS/c1-21-11-8-6-10(7-9-11)14-18-15-12-4-2-3-5-13(12)17-16(22)20(15)19-14/h2-9H,1H3,(H,17,22). The molecule has 0 atom stereocenters. The number of aromatic nitrogens is 4. The zero-order valence-electron chi connectivity index (χ0n) is 11.8. The van der Waals surface area contributed by atoms with Crippen LogP contribution in [0.3, 0.4) is 0 Å². The third kappa shape index (κ3) is 1.96. The number of methoxy groups -OCH3 is 1. The number of nitrogens with zero attached hydrogens (tertiary/aromatic N) is 3.